The van der Waals surface area contributed by atoms with Gasteiger partial charge in [-0.25, -0.2) is 9.18 Å². The summed E-state index contributed by atoms with van der Waals surface area (Å²) in [6.07, 6.45) is 4.74. The molecule has 1 aliphatic heterocycles. The highest BCUT2D eigenvalue weighted by molar-refractivity contribution is 7.15. The number of hydrazone groups is 1. The molecule has 31 heavy (non-hydrogen) atoms. The fourth-order valence-electron chi connectivity index (χ4n) is 3.23. The van der Waals surface area contributed by atoms with Crippen molar-refractivity contribution in [1.82, 2.24) is 24.6 Å². The van der Waals surface area contributed by atoms with Crippen molar-refractivity contribution in [2.75, 3.05) is 0 Å². The van der Waals surface area contributed by atoms with Gasteiger partial charge in [-0.3, -0.25) is 14.8 Å². The van der Waals surface area contributed by atoms with Crippen molar-refractivity contribution < 1.29 is 14.3 Å². The number of aromatic nitrogens is 4. The molecule has 0 saturated carbocycles. The number of thiazole rings is 1. The van der Waals surface area contributed by atoms with Crippen LogP contribution in [0.2, 0.25) is 0 Å². The number of hydrogen-bond donors (Lipinski definition) is 1. The molecule has 1 aliphatic rings. The average molecular weight is 436 g/mol. The van der Waals surface area contributed by atoms with Crippen LogP contribution in [0.1, 0.15) is 12.0 Å². The molecule has 3 aromatic heterocycles. The van der Waals surface area contributed by atoms with Crippen molar-refractivity contribution >= 4 is 34.2 Å². The van der Waals surface area contributed by atoms with Crippen molar-refractivity contribution in [2.24, 2.45) is 5.10 Å². The van der Waals surface area contributed by atoms with Crippen LogP contribution in [0.5, 0.6) is 0 Å². The van der Waals surface area contributed by atoms with Crippen LogP contribution < -0.4 is 10.1 Å². The first-order chi connectivity index (χ1) is 15.0. The second kappa shape index (κ2) is 7.36. The van der Waals surface area contributed by atoms with E-state index in [4.69, 9.17) is 0 Å². The monoisotopic (exact) mass is 436 g/mol. The summed E-state index contributed by atoms with van der Waals surface area (Å²) in [6.45, 7) is 0. The zero-order valence-electron chi connectivity index (χ0n) is 15.7. The summed E-state index contributed by atoms with van der Waals surface area (Å²) >= 11 is 1.09. The van der Waals surface area contributed by atoms with E-state index in [0.717, 1.165) is 16.9 Å². The van der Waals surface area contributed by atoms with Crippen molar-refractivity contribution in [2.45, 2.75) is 12.5 Å². The summed E-state index contributed by atoms with van der Waals surface area (Å²) in [7, 11) is 0. The Morgan fingerprint density at radius 2 is 1.90 bits per heavy atom. The van der Waals surface area contributed by atoms with E-state index in [0.29, 0.717) is 22.1 Å². The second-order valence-electron chi connectivity index (χ2n) is 6.76. The van der Waals surface area contributed by atoms with Gasteiger partial charge in [0.25, 0.3) is 5.56 Å². The predicted octanol–water partition coefficient (Wildman–Crippen LogP) is 1.37. The molecule has 0 aliphatic carbocycles. The van der Waals surface area contributed by atoms with E-state index in [2.05, 4.69) is 20.2 Å². The molecule has 0 spiro atoms. The van der Waals surface area contributed by atoms with Gasteiger partial charge in [0.1, 0.15) is 10.3 Å². The van der Waals surface area contributed by atoms with Crippen molar-refractivity contribution in [3.8, 4) is 11.4 Å². The van der Waals surface area contributed by atoms with Gasteiger partial charge in [-0.2, -0.15) is 14.6 Å². The van der Waals surface area contributed by atoms with E-state index in [-0.39, 0.29) is 11.0 Å². The molecule has 0 fully saturated rings. The largest absolute Gasteiger partial charge is 0.480 e. The number of halogens is 1. The number of carboxylic acid groups (broad SMARTS) is 1. The molecule has 1 aromatic carbocycles. The summed E-state index contributed by atoms with van der Waals surface area (Å²) in [6, 6.07) is 8.16. The molecule has 1 atom stereocenters. The van der Waals surface area contributed by atoms with Gasteiger partial charge in [0.05, 0.1) is 5.71 Å². The molecular weight excluding hydrogens is 423 g/mol. The number of hydrogen-bond acceptors (Lipinski definition) is 8. The molecule has 0 amide bonds. The predicted molar refractivity (Wildman–Crippen MR) is 111 cm³/mol. The van der Waals surface area contributed by atoms with Gasteiger partial charge in [0.2, 0.25) is 4.96 Å². The number of carbonyl (C=O) groups is 1. The Morgan fingerprint density at radius 3 is 2.58 bits per heavy atom. The van der Waals surface area contributed by atoms with E-state index in [1.165, 1.54) is 27.9 Å². The van der Waals surface area contributed by atoms with Gasteiger partial charge >= 0.3 is 5.97 Å². The summed E-state index contributed by atoms with van der Waals surface area (Å²) in [5.74, 6) is -1.07. The van der Waals surface area contributed by atoms with Gasteiger partial charge in [0, 0.05) is 30.6 Å². The van der Waals surface area contributed by atoms with Crippen LogP contribution in [0, 0.1) is 5.82 Å². The summed E-state index contributed by atoms with van der Waals surface area (Å²) < 4.78 is 14.6. The van der Waals surface area contributed by atoms with Gasteiger partial charge < -0.3 is 5.11 Å². The van der Waals surface area contributed by atoms with Crippen LogP contribution in [0.4, 0.5) is 4.39 Å². The number of benzene rings is 1. The topological polar surface area (TPSA) is 113 Å². The van der Waals surface area contributed by atoms with Crippen LogP contribution in [-0.4, -0.2) is 47.4 Å². The van der Waals surface area contributed by atoms with Crippen LogP contribution in [0.3, 0.4) is 0 Å². The molecule has 4 heterocycles. The number of aliphatic carboxylic acids is 1. The molecule has 0 bridgehead atoms. The third kappa shape index (κ3) is 3.44. The molecule has 0 radical (unpaired) electrons. The van der Waals surface area contributed by atoms with Gasteiger partial charge in [0.15, 0.2) is 11.9 Å². The highest BCUT2D eigenvalue weighted by Gasteiger charge is 2.32. The van der Waals surface area contributed by atoms with Crippen LogP contribution >= 0.6 is 11.3 Å². The van der Waals surface area contributed by atoms with E-state index in [1.807, 2.05) is 0 Å². The van der Waals surface area contributed by atoms with Gasteiger partial charge in [-0.1, -0.05) is 23.5 Å². The number of rotatable bonds is 4. The molecule has 11 heteroatoms. The Labute approximate surface area is 177 Å². The van der Waals surface area contributed by atoms with E-state index in [9.17, 15) is 19.1 Å². The molecule has 4 aromatic rings. The smallest absolute Gasteiger partial charge is 0.328 e. The molecule has 154 valence electrons. The van der Waals surface area contributed by atoms with Crippen molar-refractivity contribution in [3.63, 3.8) is 0 Å². The Balaban J connectivity index is 1.54. The maximum Gasteiger partial charge on any atom is 0.328 e. The standard InChI is InChI=1S/C20H13FN6O3S/c21-13-3-1-11(2-4-13)14-9-15(19(29)30)26(24-14)10-16-18(28)27-20(31-16)23-17(25-27)12-5-7-22-8-6-12/h1-8,10,15H,9H2,(H,29,30)/b16-10-/t15-/m1/s1. The zero-order chi connectivity index (χ0) is 21.5. The van der Waals surface area contributed by atoms with Crippen molar-refractivity contribution in [3.05, 3.63) is 75.1 Å². The SMILES string of the molecule is O=C(O)[C@H]1CC(c2ccc(F)cc2)=NN1/C=c1\sc2nc(-c3ccncc3)nn2c1=O. The summed E-state index contributed by atoms with van der Waals surface area (Å²) in [4.78, 5) is 33.2. The normalized spacial score (nSPS) is 16.8. The molecule has 9 nitrogen and oxygen atoms in total. The third-order valence-electron chi connectivity index (χ3n) is 4.77. The summed E-state index contributed by atoms with van der Waals surface area (Å²) in [5, 5.41) is 19.4. The minimum Gasteiger partial charge on any atom is -0.480 e. The quantitative estimate of drug-likeness (QED) is 0.514. The molecule has 0 unspecified atom stereocenters. The minimum absolute atomic E-state index is 0.124. The third-order valence-corrected chi connectivity index (χ3v) is 5.72. The molecule has 1 N–H and O–H groups in total. The lowest BCUT2D eigenvalue weighted by Crippen LogP contribution is -2.34. The van der Waals surface area contributed by atoms with E-state index < -0.39 is 23.4 Å². The fourth-order valence-corrected chi connectivity index (χ4v) is 4.10. The maximum atomic E-state index is 13.2. The second-order valence-corrected chi connectivity index (χ2v) is 7.77. The Kier molecular flexibility index (Phi) is 4.51. The van der Waals surface area contributed by atoms with Gasteiger partial charge in [-0.05, 0) is 29.8 Å². The maximum absolute atomic E-state index is 13.2. The highest BCUT2D eigenvalue weighted by atomic mass is 32.1. The molecular formula is C20H13FN6O3S. The molecule has 0 saturated heterocycles. The average Bonchev–Trinajstić information content (AvgIpc) is 3.45. The lowest BCUT2D eigenvalue weighted by Gasteiger charge is -2.14. The number of carboxylic acids is 1. The lowest BCUT2D eigenvalue weighted by molar-refractivity contribution is -0.141. The first kappa shape index (κ1) is 19.0. The van der Waals surface area contributed by atoms with Gasteiger partial charge in [-0.15, -0.1) is 5.10 Å². The highest BCUT2D eigenvalue weighted by Crippen LogP contribution is 2.21. The van der Waals surface area contributed by atoms with Crippen LogP contribution in [0.15, 0.2) is 58.7 Å². The Bertz CT molecular complexity index is 1430. The van der Waals surface area contributed by atoms with Crippen LogP contribution in [0.25, 0.3) is 22.5 Å². The number of nitrogens with zero attached hydrogens (tertiary/aromatic N) is 6. The first-order valence-corrected chi connectivity index (χ1v) is 9.97. The summed E-state index contributed by atoms with van der Waals surface area (Å²) in [5.41, 5.74) is 1.43. The zero-order valence-corrected chi connectivity index (χ0v) is 16.5. The van der Waals surface area contributed by atoms with Crippen LogP contribution in [-0.2, 0) is 4.79 Å². The number of fused-ring (bicyclic) bond motifs is 1. The van der Waals surface area contributed by atoms with E-state index >= 15 is 0 Å². The number of pyridine rings is 1. The fraction of sp³-hybridized carbons (Fsp3) is 0.100. The lowest BCUT2D eigenvalue weighted by atomic mass is 10.0. The Hall–Kier alpha value is -3.99. The molecule has 5 rings (SSSR count). The minimum atomic E-state index is -1.08. The van der Waals surface area contributed by atoms with Crippen molar-refractivity contribution in [1.29, 1.82) is 0 Å². The van der Waals surface area contributed by atoms with E-state index in [1.54, 1.807) is 36.7 Å². The first-order valence-electron chi connectivity index (χ1n) is 9.16. The Morgan fingerprint density at radius 1 is 1.16 bits per heavy atom.